The van der Waals surface area contributed by atoms with Crippen LogP contribution in [0.5, 0.6) is 0 Å². The molecule has 4 heteroatoms. The Kier molecular flexibility index (Phi) is 3.35. The summed E-state index contributed by atoms with van der Waals surface area (Å²) >= 11 is 11.9. The lowest BCUT2D eigenvalue weighted by Crippen LogP contribution is -2.41. The van der Waals surface area contributed by atoms with Crippen LogP contribution in [0, 0.1) is 5.92 Å². The highest BCUT2D eigenvalue weighted by Crippen LogP contribution is 2.53. The van der Waals surface area contributed by atoms with Gasteiger partial charge in [0.25, 0.3) is 0 Å². The largest absolute Gasteiger partial charge is 0.416 e. The van der Waals surface area contributed by atoms with Crippen molar-refractivity contribution >= 4 is 31.5 Å². The van der Waals surface area contributed by atoms with Crippen LogP contribution in [0.25, 0.3) is 0 Å². The molecule has 1 rings (SSSR count). The first kappa shape index (κ1) is 12.8. The summed E-state index contributed by atoms with van der Waals surface area (Å²) in [6.07, 6.45) is 0.880. The minimum atomic E-state index is -1.61. The van der Waals surface area contributed by atoms with Gasteiger partial charge in [-0.15, -0.1) is 23.2 Å². The van der Waals surface area contributed by atoms with E-state index in [-0.39, 0.29) is 5.04 Å². The molecule has 0 spiro atoms. The molecule has 0 N–H and O–H groups in total. The first-order valence-corrected chi connectivity index (χ1v) is 8.74. The molecule has 84 valence electrons. The normalized spacial score (nSPS) is 26.4. The van der Waals surface area contributed by atoms with Crippen LogP contribution in [0.15, 0.2) is 0 Å². The van der Waals surface area contributed by atoms with E-state index < -0.39 is 12.7 Å². The van der Waals surface area contributed by atoms with Gasteiger partial charge in [0.1, 0.15) is 4.33 Å². The molecule has 1 fully saturated rings. The van der Waals surface area contributed by atoms with Crippen molar-refractivity contribution in [2.24, 2.45) is 5.92 Å². The molecule has 0 aromatic carbocycles. The number of rotatable bonds is 3. The molecule has 14 heavy (non-hydrogen) atoms. The van der Waals surface area contributed by atoms with Crippen molar-refractivity contribution in [2.45, 2.75) is 49.7 Å². The van der Waals surface area contributed by atoms with Crippen molar-refractivity contribution in [2.75, 3.05) is 6.61 Å². The van der Waals surface area contributed by atoms with Crippen LogP contribution >= 0.6 is 23.2 Å². The zero-order chi connectivity index (χ0) is 11.2. The summed E-state index contributed by atoms with van der Waals surface area (Å²) in [7, 11) is -1.61. The average Bonchev–Trinajstić information content (AvgIpc) is 2.53. The maximum atomic E-state index is 6.02. The smallest absolute Gasteiger partial charge is 0.191 e. The van der Waals surface area contributed by atoms with Crippen LogP contribution < -0.4 is 0 Å². The molecule has 0 unspecified atom stereocenters. The molecule has 0 aromatic heterocycles. The summed E-state index contributed by atoms with van der Waals surface area (Å²) in [5.41, 5.74) is 0. The Hall–Kier alpha value is 0.757. The Morgan fingerprint density at radius 3 is 2.07 bits per heavy atom. The first-order chi connectivity index (χ1) is 6.06. The fourth-order valence-corrected chi connectivity index (χ4v) is 2.53. The summed E-state index contributed by atoms with van der Waals surface area (Å²) in [4.78, 5) is 0. The second-order valence-corrected chi connectivity index (χ2v) is 12.1. The van der Waals surface area contributed by atoms with Gasteiger partial charge in [0, 0.05) is 12.5 Å². The van der Waals surface area contributed by atoms with Gasteiger partial charge in [0.15, 0.2) is 8.32 Å². The van der Waals surface area contributed by atoms with Gasteiger partial charge in [0.05, 0.1) is 0 Å². The van der Waals surface area contributed by atoms with Crippen LogP contribution in [-0.2, 0) is 4.43 Å². The van der Waals surface area contributed by atoms with Crippen molar-refractivity contribution in [3.63, 3.8) is 0 Å². The van der Waals surface area contributed by atoms with E-state index in [1.807, 2.05) is 0 Å². The van der Waals surface area contributed by atoms with Gasteiger partial charge in [-0.3, -0.25) is 0 Å². The third-order valence-corrected chi connectivity index (χ3v) is 8.83. The molecule has 0 amide bonds. The highest BCUT2D eigenvalue weighted by atomic mass is 35.5. The third kappa shape index (κ3) is 2.88. The van der Waals surface area contributed by atoms with Crippen molar-refractivity contribution in [3.8, 4) is 0 Å². The van der Waals surface area contributed by atoms with Crippen LogP contribution in [0.4, 0.5) is 0 Å². The Bertz CT molecular complexity index is 221. The molecule has 1 aliphatic carbocycles. The SMILES string of the molecule is CC(C)(C)[Si](C)(C)OC[C@H]1CC1(Cl)Cl. The fourth-order valence-electron chi connectivity index (χ4n) is 0.976. The van der Waals surface area contributed by atoms with E-state index in [9.17, 15) is 0 Å². The zero-order valence-corrected chi connectivity index (χ0v) is 12.2. The predicted octanol–water partition coefficient (Wildman–Crippen LogP) is 4.20. The van der Waals surface area contributed by atoms with Gasteiger partial charge in [-0.2, -0.15) is 0 Å². The zero-order valence-electron chi connectivity index (χ0n) is 9.66. The molecular weight excluding hydrogens is 235 g/mol. The third-order valence-electron chi connectivity index (χ3n) is 3.41. The Morgan fingerprint density at radius 2 is 1.79 bits per heavy atom. The lowest BCUT2D eigenvalue weighted by Gasteiger charge is -2.36. The highest BCUT2D eigenvalue weighted by molar-refractivity contribution is 6.74. The average molecular weight is 255 g/mol. The molecule has 0 radical (unpaired) electrons. The van der Waals surface area contributed by atoms with Gasteiger partial charge < -0.3 is 4.43 Å². The molecule has 0 saturated heterocycles. The van der Waals surface area contributed by atoms with E-state index in [4.69, 9.17) is 27.6 Å². The predicted molar refractivity (Wildman–Crippen MR) is 65.7 cm³/mol. The second kappa shape index (κ2) is 3.65. The van der Waals surface area contributed by atoms with Gasteiger partial charge in [-0.05, 0) is 24.6 Å². The van der Waals surface area contributed by atoms with Crippen molar-refractivity contribution in [3.05, 3.63) is 0 Å². The van der Waals surface area contributed by atoms with Crippen molar-refractivity contribution in [1.82, 2.24) is 0 Å². The molecule has 1 atom stereocenters. The highest BCUT2D eigenvalue weighted by Gasteiger charge is 2.52. The topological polar surface area (TPSA) is 9.23 Å². The van der Waals surface area contributed by atoms with E-state index in [1.54, 1.807) is 0 Å². The van der Waals surface area contributed by atoms with Gasteiger partial charge >= 0.3 is 0 Å². The second-order valence-electron chi connectivity index (χ2n) is 5.73. The summed E-state index contributed by atoms with van der Waals surface area (Å²) in [6, 6.07) is 0. The fraction of sp³-hybridized carbons (Fsp3) is 1.00. The van der Waals surface area contributed by atoms with Gasteiger partial charge in [-0.1, -0.05) is 20.8 Å². The van der Waals surface area contributed by atoms with Gasteiger partial charge in [-0.25, -0.2) is 0 Å². The van der Waals surface area contributed by atoms with Gasteiger partial charge in [0.2, 0.25) is 0 Å². The summed E-state index contributed by atoms with van der Waals surface area (Å²) in [6.45, 7) is 11.9. The maximum absolute atomic E-state index is 6.02. The summed E-state index contributed by atoms with van der Waals surface area (Å²) < 4.78 is 5.53. The Balaban J connectivity index is 2.38. The van der Waals surface area contributed by atoms with E-state index >= 15 is 0 Å². The molecule has 1 nitrogen and oxygen atoms in total. The standard InChI is InChI=1S/C10H20Cl2OSi/c1-9(2,3)14(4,5)13-7-8-6-10(8,11)12/h8H,6-7H2,1-5H3/t8-/m1/s1. The number of halogens is 2. The Morgan fingerprint density at radius 1 is 1.36 bits per heavy atom. The number of hydrogen-bond acceptors (Lipinski definition) is 1. The maximum Gasteiger partial charge on any atom is 0.191 e. The quantitative estimate of drug-likeness (QED) is 0.542. The van der Waals surface area contributed by atoms with Crippen LogP contribution in [0.1, 0.15) is 27.2 Å². The lowest BCUT2D eigenvalue weighted by atomic mass is 10.2. The molecule has 0 heterocycles. The molecular formula is C10H20Cl2OSi. The Labute approximate surface area is 98.2 Å². The van der Waals surface area contributed by atoms with E-state index in [2.05, 4.69) is 33.9 Å². The summed E-state index contributed by atoms with van der Waals surface area (Å²) in [5, 5.41) is 0.267. The molecule has 0 aliphatic heterocycles. The number of alkyl halides is 2. The lowest BCUT2D eigenvalue weighted by molar-refractivity contribution is 0.271. The van der Waals surface area contributed by atoms with Crippen LogP contribution in [0.2, 0.25) is 18.1 Å². The van der Waals surface area contributed by atoms with E-state index in [0.29, 0.717) is 5.92 Å². The molecule has 0 bridgehead atoms. The number of hydrogen-bond donors (Lipinski definition) is 0. The summed E-state index contributed by atoms with van der Waals surface area (Å²) in [5.74, 6) is 0.347. The monoisotopic (exact) mass is 254 g/mol. The van der Waals surface area contributed by atoms with Crippen molar-refractivity contribution < 1.29 is 4.43 Å². The van der Waals surface area contributed by atoms with Crippen LogP contribution in [0.3, 0.4) is 0 Å². The van der Waals surface area contributed by atoms with E-state index in [1.165, 1.54) is 0 Å². The molecule has 1 saturated carbocycles. The molecule has 0 aromatic rings. The van der Waals surface area contributed by atoms with E-state index in [0.717, 1.165) is 13.0 Å². The van der Waals surface area contributed by atoms with Crippen LogP contribution in [-0.4, -0.2) is 19.3 Å². The van der Waals surface area contributed by atoms with Crippen molar-refractivity contribution in [1.29, 1.82) is 0 Å². The minimum absolute atomic E-state index is 0.267. The molecule has 1 aliphatic rings. The first-order valence-electron chi connectivity index (χ1n) is 5.08. The minimum Gasteiger partial charge on any atom is -0.416 e.